The molecule has 6 rings (SSSR count). The Morgan fingerprint density at radius 1 is 1.02 bits per heavy atom. The average molecular weight is 557 g/mol. The third-order valence-electron chi connectivity index (χ3n) is 7.84. The summed E-state index contributed by atoms with van der Waals surface area (Å²) in [6.45, 7) is 4.19. The highest BCUT2D eigenvalue weighted by molar-refractivity contribution is 5.85. The van der Waals surface area contributed by atoms with E-state index in [1.807, 2.05) is 42.6 Å². The van der Waals surface area contributed by atoms with Crippen LogP contribution in [0.2, 0.25) is 0 Å². The van der Waals surface area contributed by atoms with Crippen molar-refractivity contribution in [2.24, 2.45) is 0 Å². The quantitative estimate of drug-likeness (QED) is 0.245. The van der Waals surface area contributed by atoms with E-state index in [-0.39, 0.29) is 0 Å². The second-order valence-electron chi connectivity index (χ2n) is 10.8. The number of nitrogen functional groups attached to an aromatic ring is 1. The van der Waals surface area contributed by atoms with Crippen LogP contribution in [0.4, 0.5) is 10.6 Å². The summed E-state index contributed by atoms with van der Waals surface area (Å²) in [5.41, 5.74) is 10.2. The summed E-state index contributed by atoms with van der Waals surface area (Å²) >= 11 is 0. The number of imidazole rings is 1. The molecule has 1 aliphatic carbocycles. The Bertz CT molecular complexity index is 1410. The van der Waals surface area contributed by atoms with Crippen molar-refractivity contribution < 1.29 is 14.6 Å². The van der Waals surface area contributed by atoms with Gasteiger partial charge in [0, 0.05) is 37.0 Å². The number of anilines is 1. The molecule has 1 amide bonds. The molecule has 2 aliphatic rings. The van der Waals surface area contributed by atoms with Crippen LogP contribution in [0.25, 0.3) is 16.8 Å². The standard InChI is InChI=1S/C25H26N4O.C7H14N2O2/c26-24-23-22(28-25(29(23)15-14-27-24)19-10-5-2-6-11-19)20-12-7-13-21(16-20)30-17-18-8-3-1-4-9-18;10-7(11)8-3-6-9-4-1-2-5-9/h1,3-4,7-9,12-16,19H,2,5-6,10-11,17H2,(H2,26,27);8H,1-6H2,(H,10,11). The number of nitrogens with one attached hydrogen (secondary N) is 1. The number of amides is 1. The number of aromatic nitrogens is 3. The SMILES string of the molecule is Nc1nccn2c(C3CCCCC3)nc(-c3cccc(OCc4ccccc4)c3)c12.O=C(O)NCCN1CCCC1. The molecule has 0 radical (unpaired) electrons. The summed E-state index contributed by atoms with van der Waals surface area (Å²) in [6, 6.07) is 18.3. The largest absolute Gasteiger partial charge is 0.489 e. The van der Waals surface area contributed by atoms with Crippen LogP contribution in [-0.4, -0.2) is 56.6 Å². The molecule has 0 bridgehead atoms. The maximum Gasteiger partial charge on any atom is 0.404 e. The predicted molar refractivity (Wildman–Crippen MR) is 161 cm³/mol. The molecule has 216 valence electrons. The average Bonchev–Trinajstić information content (AvgIpc) is 3.67. The highest BCUT2D eigenvalue weighted by Gasteiger charge is 2.24. The molecule has 1 saturated carbocycles. The van der Waals surface area contributed by atoms with E-state index in [2.05, 4.69) is 37.8 Å². The van der Waals surface area contributed by atoms with Crippen LogP contribution in [0.3, 0.4) is 0 Å². The van der Waals surface area contributed by atoms with Crippen LogP contribution >= 0.6 is 0 Å². The van der Waals surface area contributed by atoms with Crippen LogP contribution in [-0.2, 0) is 6.61 Å². The lowest BCUT2D eigenvalue weighted by Crippen LogP contribution is -2.32. The van der Waals surface area contributed by atoms with Crippen molar-refractivity contribution in [3.8, 4) is 17.0 Å². The minimum Gasteiger partial charge on any atom is -0.489 e. The highest BCUT2D eigenvalue weighted by Crippen LogP contribution is 2.37. The summed E-state index contributed by atoms with van der Waals surface area (Å²) < 4.78 is 8.18. The second-order valence-corrected chi connectivity index (χ2v) is 10.8. The van der Waals surface area contributed by atoms with Gasteiger partial charge in [0.15, 0.2) is 0 Å². The summed E-state index contributed by atoms with van der Waals surface area (Å²) in [5.74, 6) is 2.90. The number of ether oxygens (including phenoxy) is 1. The van der Waals surface area contributed by atoms with Gasteiger partial charge in [-0.1, -0.05) is 61.7 Å². The molecule has 1 aliphatic heterocycles. The molecular formula is C32H40N6O3. The second kappa shape index (κ2) is 14.0. The van der Waals surface area contributed by atoms with Crippen LogP contribution in [0.15, 0.2) is 67.0 Å². The van der Waals surface area contributed by atoms with Gasteiger partial charge >= 0.3 is 6.09 Å². The Kier molecular flexibility index (Phi) is 9.69. The van der Waals surface area contributed by atoms with Crippen molar-refractivity contribution in [1.29, 1.82) is 0 Å². The van der Waals surface area contributed by atoms with Crippen LogP contribution < -0.4 is 15.8 Å². The molecule has 4 aromatic rings. The Hall–Kier alpha value is -4.11. The topological polar surface area (TPSA) is 118 Å². The molecule has 0 spiro atoms. The summed E-state index contributed by atoms with van der Waals surface area (Å²) in [6.07, 6.45) is 11.5. The van der Waals surface area contributed by atoms with Crippen molar-refractivity contribution in [3.05, 3.63) is 78.4 Å². The first-order valence-corrected chi connectivity index (χ1v) is 14.7. The molecule has 2 fully saturated rings. The van der Waals surface area contributed by atoms with Gasteiger partial charge < -0.3 is 25.8 Å². The first-order valence-electron chi connectivity index (χ1n) is 14.7. The zero-order chi connectivity index (χ0) is 28.4. The lowest BCUT2D eigenvalue weighted by Gasteiger charge is -2.20. The van der Waals surface area contributed by atoms with Crippen molar-refractivity contribution in [3.63, 3.8) is 0 Å². The van der Waals surface area contributed by atoms with E-state index >= 15 is 0 Å². The van der Waals surface area contributed by atoms with Gasteiger partial charge in [0.2, 0.25) is 0 Å². The Morgan fingerprint density at radius 2 is 1.80 bits per heavy atom. The number of nitrogens with two attached hydrogens (primary N) is 1. The van der Waals surface area contributed by atoms with Gasteiger partial charge in [-0.05, 0) is 56.5 Å². The molecule has 4 N–H and O–H groups in total. The molecule has 0 unspecified atom stereocenters. The lowest BCUT2D eigenvalue weighted by atomic mass is 9.89. The fourth-order valence-corrected chi connectivity index (χ4v) is 5.74. The normalized spacial score (nSPS) is 15.8. The smallest absolute Gasteiger partial charge is 0.404 e. The van der Waals surface area contributed by atoms with Crippen molar-refractivity contribution in [2.75, 3.05) is 31.9 Å². The van der Waals surface area contributed by atoms with Gasteiger partial charge in [-0.2, -0.15) is 0 Å². The van der Waals surface area contributed by atoms with Crippen molar-refractivity contribution in [1.82, 2.24) is 24.6 Å². The summed E-state index contributed by atoms with van der Waals surface area (Å²) in [7, 11) is 0. The number of carboxylic acid groups (broad SMARTS) is 1. The van der Waals surface area contributed by atoms with E-state index in [1.165, 1.54) is 44.9 Å². The van der Waals surface area contributed by atoms with Gasteiger partial charge in [0.1, 0.15) is 35.2 Å². The van der Waals surface area contributed by atoms with Crippen LogP contribution in [0.1, 0.15) is 62.3 Å². The van der Waals surface area contributed by atoms with Gasteiger partial charge in [0.05, 0.1) is 0 Å². The molecule has 41 heavy (non-hydrogen) atoms. The number of rotatable bonds is 8. The number of fused-ring (bicyclic) bond motifs is 1. The first kappa shape index (κ1) is 28.4. The minimum atomic E-state index is -0.927. The van der Waals surface area contributed by atoms with E-state index in [1.54, 1.807) is 6.20 Å². The highest BCUT2D eigenvalue weighted by atomic mass is 16.5. The number of hydrogen-bond donors (Lipinski definition) is 3. The van der Waals surface area contributed by atoms with E-state index in [4.69, 9.17) is 20.6 Å². The summed E-state index contributed by atoms with van der Waals surface area (Å²) in [4.78, 5) is 21.7. The Labute approximate surface area is 241 Å². The third kappa shape index (κ3) is 7.55. The van der Waals surface area contributed by atoms with E-state index in [0.29, 0.717) is 24.9 Å². The molecular weight excluding hydrogens is 516 g/mol. The number of nitrogens with zero attached hydrogens (tertiary/aromatic N) is 4. The predicted octanol–water partition coefficient (Wildman–Crippen LogP) is 5.96. The van der Waals surface area contributed by atoms with Gasteiger partial charge in [0.25, 0.3) is 0 Å². The van der Waals surface area contributed by atoms with E-state index < -0.39 is 6.09 Å². The monoisotopic (exact) mass is 556 g/mol. The van der Waals surface area contributed by atoms with Crippen LogP contribution in [0.5, 0.6) is 5.75 Å². The van der Waals surface area contributed by atoms with Crippen molar-refractivity contribution in [2.45, 2.75) is 57.5 Å². The number of benzene rings is 2. The zero-order valence-electron chi connectivity index (χ0n) is 23.5. The lowest BCUT2D eigenvalue weighted by molar-refractivity contribution is 0.192. The molecule has 3 heterocycles. The summed E-state index contributed by atoms with van der Waals surface area (Å²) in [5, 5.41) is 10.6. The maximum atomic E-state index is 10.0. The van der Waals surface area contributed by atoms with Crippen molar-refractivity contribution >= 4 is 17.4 Å². The fraction of sp³-hybridized carbons (Fsp3) is 0.406. The Balaban J connectivity index is 0.000000259. The molecule has 9 nitrogen and oxygen atoms in total. The minimum absolute atomic E-state index is 0.472. The zero-order valence-corrected chi connectivity index (χ0v) is 23.5. The number of carbonyl (C=O) groups is 1. The molecule has 2 aromatic heterocycles. The Morgan fingerprint density at radius 3 is 2.56 bits per heavy atom. The van der Waals surface area contributed by atoms with E-state index in [0.717, 1.165) is 53.5 Å². The third-order valence-corrected chi connectivity index (χ3v) is 7.84. The molecule has 0 atom stereocenters. The number of likely N-dealkylation sites (tertiary alicyclic amines) is 1. The molecule has 9 heteroatoms. The molecule has 2 aromatic carbocycles. The van der Waals surface area contributed by atoms with Gasteiger partial charge in [-0.15, -0.1) is 0 Å². The van der Waals surface area contributed by atoms with Gasteiger partial charge in [-0.25, -0.2) is 14.8 Å². The van der Waals surface area contributed by atoms with Gasteiger partial charge in [-0.3, -0.25) is 4.40 Å². The van der Waals surface area contributed by atoms with E-state index in [9.17, 15) is 4.79 Å². The maximum absolute atomic E-state index is 10.0. The van der Waals surface area contributed by atoms with Crippen LogP contribution in [0, 0.1) is 0 Å². The molecule has 1 saturated heterocycles. The number of hydrogen-bond acceptors (Lipinski definition) is 6. The first-order chi connectivity index (χ1) is 20.1. The fourth-order valence-electron chi connectivity index (χ4n) is 5.74.